The zero-order chi connectivity index (χ0) is 16.5. The van der Waals surface area contributed by atoms with Crippen LogP contribution in [0.4, 0.5) is 10.2 Å². The summed E-state index contributed by atoms with van der Waals surface area (Å²) in [7, 11) is 0. The molecular formula is C18H17FN4O. The Kier molecular flexibility index (Phi) is 3.72. The molecule has 0 radical (unpaired) electrons. The van der Waals surface area contributed by atoms with Crippen LogP contribution in [-0.2, 0) is 6.42 Å². The van der Waals surface area contributed by atoms with E-state index in [1.165, 1.54) is 0 Å². The first-order valence-electron chi connectivity index (χ1n) is 8.01. The largest absolute Gasteiger partial charge is 0.383 e. The standard InChI is InChI=1S/C18H17FN4O/c19-17-15(12-3-1-4-12)8-11(10-22-17)7-13-9-16(24-23-13)14-5-2-6-21-18(14)20/h2,5-6,8-10,12H,1,3-4,7H2,(H2,20,21). The van der Waals surface area contributed by atoms with Crippen molar-refractivity contribution in [3.63, 3.8) is 0 Å². The Balaban J connectivity index is 1.57. The number of nitrogen functional groups attached to an aromatic ring is 1. The summed E-state index contributed by atoms with van der Waals surface area (Å²) in [5.74, 6) is 0.925. The van der Waals surface area contributed by atoms with Crippen LogP contribution >= 0.6 is 0 Å². The molecule has 0 aromatic carbocycles. The molecule has 3 aromatic rings. The zero-order valence-electron chi connectivity index (χ0n) is 13.1. The second-order valence-electron chi connectivity index (χ2n) is 6.15. The molecule has 3 heterocycles. The third kappa shape index (κ3) is 2.75. The minimum atomic E-state index is -0.354. The van der Waals surface area contributed by atoms with Gasteiger partial charge >= 0.3 is 0 Å². The average Bonchev–Trinajstić information content (AvgIpc) is 2.97. The van der Waals surface area contributed by atoms with E-state index in [4.69, 9.17) is 10.3 Å². The normalized spacial score (nSPS) is 14.5. The molecule has 0 unspecified atom stereocenters. The van der Waals surface area contributed by atoms with E-state index in [0.717, 1.165) is 36.1 Å². The van der Waals surface area contributed by atoms with Gasteiger partial charge in [0, 0.05) is 30.4 Å². The lowest BCUT2D eigenvalue weighted by Gasteiger charge is -2.26. The summed E-state index contributed by atoms with van der Waals surface area (Å²) < 4.78 is 19.3. The SMILES string of the molecule is Nc1ncccc1-c1cc(Cc2cnc(F)c(C3CCC3)c2)no1. The Bertz CT molecular complexity index is 873. The second-order valence-corrected chi connectivity index (χ2v) is 6.15. The van der Waals surface area contributed by atoms with E-state index < -0.39 is 0 Å². The van der Waals surface area contributed by atoms with Gasteiger partial charge in [-0.05, 0) is 42.5 Å². The van der Waals surface area contributed by atoms with Gasteiger partial charge in [0.05, 0.1) is 11.3 Å². The van der Waals surface area contributed by atoms with E-state index in [-0.39, 0.29) is 5.95 Å². The monoisotopic (exact) mass is 324 g/mol. The molecule has 0 bridgehead atoms. The molecule has 0 amide bonds. The number of halogens is 1. The Morgan fingerprint density at radius 1 is 1.25 bits per heavy atom. The smallest absolute Gasteiger partial charge is 0.216 e. The first kappa shape index (κ1) is 14.8. The molecule has 0 spiro atoms. The predicted octanol–water partition coefficient (Wildman–Crippen LogP) is 3.71. The van der Waals surface area contributed by atoms with E-state index >= 15 is 0 Å². The van der Waals surface area contributed by atoms with Crippen LogP contribution in [-0.4, -0.2) is 15.1 Å². The van der Waals surface area contributed by atoms with Gasteiger partial charge in [-0.25, -0.2) is 9.97 Å². The fourth-order valence-corrected chi connectivity index (χ4v) is 2.97. The van der Waals surface area contributed by atoms with Crippen molar-refractivity contribution >= 4 is 5.82 Å². The number of pyridine rings is 2. The highest BCUT2D eigenvalue weighted by Crippen LogP contribution is 2.37. The average molecular weight is 324 g/mol. The Hall–Kier alpha value is -2.76. The summed E-state index contributed by atoms with van der Waals surface area (Å²) in [6.07, 6.45) is 6.96. The van der Waals surface area contributed by atoms with Gasteiger partial charge in [-0.3, -0.25) is 0 Å². The summed E-state index contributed by atoms with van der Waals surface area (Å²) in [5.41, 5.74) is 8.97. The summed E-state index contributed by atoms with van der Waals surface area (Å²) >= 11 is 0. The second kappa shape index (κ2) is 6.03. The van der Waals surface area contributed by atoms with Crippen molar-refractivity contribution in [1.82, 2.24) is 15.1 Å². The Morgan fingerprint density at radius 3 is 2.88 bits per heavy atom. The number of hydrogen-bond donors (Lipinski definition) is 1. The van der Waals surface area contributed by atoms with Gasteiger partial charge < -0.3 is 10.3 Å². The van der Waals surface area contributed by atoms with Crippen LogP contribution in [0, 0.1) is 5.95 Å². The maximum Gasteiger partial charge on any atom is 0.216 e. The minimum Gasteiger partial charge on any atom is -0.383 e. The number of nitrogens with two attached hydrogens (primary N) is 1. The van der Waals surface area contributed by atoms with E-state index in [2.05, 4.69) is 15.1 Å². The predicted molar refractivity (Wildman–Crippen MR) is 87.7 cm³/mol. The fourth-order valence-electron chi connectivity index (χ4n) is 2.97. The van der Waals surface area contributed by atoms with Gasteiger partial charge in [-0.1, -0.05) is 11.6 Å². The van der Waals surface area contributed by atoms with Gasteiger partial charge in [0.25, 0.3) is 0 Å². The van der Waals surface area contributed by atoms with Crippen LogP contribution in [0.1, 0.15) is 42.0 Å². The molecule has 1 saturated carbocycles. The highest BCUT2D eigenvalue weighted by Gasteiger charge is 2.23. The van der Waals surface area contributed by atoms with Crippen LogP contribution < -0.4 is 5.73 Å². The molecule has 2 N–H and O–H groups in total. The number of nitrogens with zero attached hydrogens (tertiary/aromatic N) is 3. The maximum absolute atomic E-state index is 13.9. The molecule has 1 fully saturated rings. The van der Waals surface area contributed by atoms with Crippen LogP contribution in [0.5, 0.6) is 0 Å². The van der Waals surface area contributed by atoms with Crippen molar-refractivity contribution in [3.8, 4) is 11.3 Å². The molecule has 0 atom stereocenters. The van der Waals surface area contributed by atoms with Crippen molar-refractivity contribution in [3.05, 3.63) is 59.4 Å². The molecule has 3 aromatic heterocycles. The molecular weight excluding hydrogens is 307 g/mol. The lowest BCUT2D eigenvalue weighted by Crippen LogP contribution is -2.12. The van der Waals surface area contributed by atoms with Crippen LogP contribution in [0.2, 0.25) is 0 Å². The van der Waals surface area contributed by atoms with Crippen LogP contribution in [0.25, 0.3) is 11.3 Å². The van der Waals surface area contributed by atoms with Crippen molar-refractivity contribution in [2.24, 2.45) is 0 Å². The molecule has 6 heteroatoms. The number of aromatic nitrogens is 3. The summed E-state index contributed by atoms with van der Waals surface area (Å²) in [4.78, 5) is 7.95. The number of rotatable bonds is 4. The minimum absolute atomic E-state index is 0.306. The number of hydrogen-bond acceptors (Lipinski definition) is 5. The summed E-state index contributed by atoms with van der Waals surface area (Å²) in [6.45, 7) is 0. The topological polar surface area (TPSA) is 77.8 Å². The molecule has 0 aliphatic heterocycles. The third-order valence-electron chi connectivity index (χ3n) is 4.52. The maximum atomic E-state index is 13.9. The van der Waals surface area contributed by atoms with E-state index in [1.54, 1.807) is 18.5 Å². The zero-order valence-corrected chi connectivity index (χ0v) is 13.1. The lowest BCUT2D eigenvalue weighted by molar-refractivity contribution is 0.398. The molecule has 1 aliphatic carbocycles. The third-order valence-corrected chi connectivity index (χ3v) is 4.52. The Labute approximate surface area is 138 Å². The van der Waals surface area contributed by atoms with E-state index in [0.29, 0.717) is 29.5 Å². The van der Waals surface area contributed by atoms with Gasteiger partial charge in [-0.2, -0.15) is 4.39 Å². The van der Waals surface area contributed by atoms with Crippen molar-refractivity contribution in [2.75, 3.05) is 5.73 Å². The molecule has 122 valence electrons. The first-order chi connectivity index (χ1) is 11.7. The lowest BCUT2D eigenvalue weighted by atomic mass is 9.80. The fraction of sp³-hybridized carbons (Fsp3) is 0.278. The van der Waals surface area contributed by atoms with Gasteiger partial charge in [0.2, 0.25) is 5.95 Å². The first-order valence-corrected chi connectivity index (χ1v) is 8.01. The summed E-state index contributed by atoms with van der Waals surface area (Å²) in [6, 6.07) is 7.36. The number of anilines is 1. The van der Waals surface area contributed by atoms with Crippen molar-refractivity contribution in [2.45, 2.75) is 31.6 Å². The highest BCUT2D eigenvalue weighted by molar-refractivity contribution is 5.69. The quantitative estimate of drug-likeness (QED) is 0.740. The highest BCUT2D eigenvalue weighted by atomic mass is 19.1. The van der Waals surface area contributed by atoms with Gasteiger partial charge in [0.15, 0.2) is 5.76 Å². The van der Waals surface area contributed by atoms with Crippen molar-refractivity contribution in [1.29, 1.82) is 0 Å². The molecule has 1 aliphatic rings. The molecule has 4 rings (SSSR count). The Morgan fingerprint density at radius 2 is 2.12 bits per heavy atom. The van der Waals surface area contributed by atoms with Gasteiger partial charge in [0.1, 0.15) is 5.82 Å². The van der Waals surface area contributed by atoms with Crippen LogP contribution in [0.3, 0.4) is 0 Å². The molecule has 0 saturated heterocycles. The van der Waals surface area contributed by atoms with Crippen LogP contribution in [0.15, 0.2) is 41.2 Å². The van der Waals surface area contributed by atoms with E-state index in [9.17, 15) is 4.39 Å². The van der Waals surface area contributed by atoms with E-state index in [1.807, 2.05) is 18.2 Å². The molecule has 5 nitrogen and oxygen atoms in total. The van der Waals surface area contributed by atoms with Gasteiger partial charge in [-0.15, -0.1) is 0 Å². The summed E-state index contributed by atoms with van der Waals surface area (Å²) in [5, 5.41) is 4.08. The molecule has 24 heavy (non-hydrogen) atoms. The van der Waals surface area contributed by atoms with Crippen molar-refractivity contribution < 1.29 is 8.91 Å².